The highest BCUT2D eigenvalue weighted by atomic mass is 35.5. The molecule has 0 bridgehead atoms. The van der Waals surface area contributed by atoms with Crippen LogP contribution in [0.5, 0.6) is 0 Å². The molecule has 0 fully saturated rings. The van der Waals surface area contributed by atoms with Gasteiger partial charge in [0.25, 0.3) is 0 Å². The highest BCUT2D eigenvalue weighted by molar-refractivity contribution is 6.30. The molecule has 0 aliphatic carbocycles. The fourth-order valence-electron chi connectivity index (χ4n) is 1.60. The van der Waals surface area contributed by atoms with Gasteiger partial charge in [0.05, 0.1) is 6.04 Å². The van der Waals surface area contributed by atoms with Crippen molar-refractivity contribution < 1.29 is 9.47 Å². The van der Waals surface area contributed by atoms with Crippen molar-refractivity contribution in [2.75, 3.05) is 13.2 Å². The summed E-state index contributed by atoms with van der Waals surface area (Å²) in [6.45, 7) is 4.95. The molecule has 0 heterocycles. The fourth-order valence-corrected chi connectivity index (χ4v) is 1.80. The van der Waals surface area contributed by atoms with Crippen LogP contribution in [0.15, 0.2) is 24.3 Å². The van der Waals surface area contributed by atoms with Crippen molar-refractivity contribution in [3.05, 3.63) is 34.9 Å². The minimum Gasteiger partial charge on any atom is -0.351 e. The Morgan fingerprint density at radius 1 is 1.29 bits per heavy atom. The Labute approximate surface area is 107 Å². The number of hydrogen-bond acceptors (Lipinski definition) is 4. The van der Waals surface area contributed by atoms with E-state index >= 15 is 0 Å². The third kappa shape index (κ3) is 4.26. The van der Waals surface area contributed by atoms with Gasteiger partial charge in [-0.2, -0.15) is 0 Å². The molecule has 1 aromatic rings. The maximum Gasteiger partial charge on any atom is 0.178 e. The third-order valence-corrected chi connectivity index (χ3v) is 2.56. The molecule has 0 aliphatic heterocycles. The highest BCUT2D eigenvalue weighted by Gasteiger charge is 2.23. The molecule has 4 nitrogen and oxygen atoms in total. The van der Waals surface area contributed by atoms with Crippen LogP contribution in [-0.4, -0.2) is 19.5 Å². The van der Waals surface area contributed by atoms with E-state index in [1.807, 2.05) is 38.1 Å². The Morgan fingerprint density at radius 2 is 1.94 bits per heavy atom. The molecular weight excluding hydrogens is 240 g/mol. The van der Waals surface area contributed by atoms with Gasteiger partial charge in [0, 0.05) is 18.2 Å². The van der Waals surface area contributed by atoms with Crippen LogP contribution in [0.1, 0.15) is 25.5 Å². The molecule has 1 rings (SSSR count). The van der Waals surface area contributed by atoms with Crippen molar-refractivity contribution in [1.29, 1.82) is 0 Å². The topological polar surface area (TPSA) is 56.5 Å². The van der Waals surface area contributed by atoms with Crippen molar-refractivity contribution >= 4 is 11.6 Å². The maximum atomic E-state index is 5.95. The molecule has 5 heteroatoms. The van der Waals surface area contributed by atoms with Gasteiger partial charge in [0.1, 0.15) is 0 Å². The number of rotatable bonds is 7. The molecule has 1 aromatic carbocycles. The minimum atomic E-state index is -0.423. The maximum absolute atomic E-state index is 5.95. The quantitative estimate of drug-likeness (QED) is 0.447. The summed E-state index contributed by atoms with van der Waals surface area (Å²) >= 11 is 5.95. The van der Waals surface area contributed by atoms with Gasteiger partial charge in [-0.1, -0.05) is 23.7 Å². The van der Waals surface area contributed by atoms with E-state index in [0.717, 1.165) is 5.56 Å². The summed E-state index contributed by atoms with van der Waals surface area (Å²) < 4.78 is 11.0. The van der Waals surface area contributed by atoms with Gasteiger partial charge in [0.15, 0.2) is 6.29 Å². The van der Waals surface area contributed by atoms with E-state index in [4.69, 9.17) is 26.9 Å². The molecule has 17 heavy (non-hydrogen) atoms. The standard InChI is InChI=1S/C12H19ClN2O2/c1-3-16-12(17-4-2)11(15-14)9-6-5-7-10(13)8-9/h5-8,11-12,15H,3-4,14H2,1-2H3. The predicted octanol–water partition coefficient (Wildman–Crippen LogP) is 2.24. The van der Waals surface area contributed by atoms with Crippen LogP contribution in [-0.2, 0) is 9.47 Å². The molecule has 0 spiro atoms. The molecule has 0 amide bonds. The number of hydrazine groups is 1. The zero-order valence-corrected chi connectivity index (χ0v) is 10.9. The molecule has 0 radical (unpaired) electrons. The van der Waals surface area contributed by atoms with Gasteiger partial charge >= 0.3 is 0 Å². The minimum absolute atomic E-state index is 0.242. The van der Waals surface area contributed by atoms with Crippen LogP contribution in [0.4, 0.5) is 0 Å². The second kappa shape index (κ2) is 7.63. The van der Waals surface area contributed by atoms with E-state index in [1.165, 1.54) is 0 Å². The number of ether oxygens (including phenoxy) is 2. The van der Waals surface area contributed by atoms with E-state index in [1.54, 1.807) is 0 Å². The Morgan fingerprint density at radius 3 is 2.41 bits per heavy atom. The molecule has 0 aromatic heterocycles. The molecular formula is C12H19ClN2O2. The zero-order valence-electron chi connectivity index (χ0n) is 10.2. The lowest BCUT2D eigenvalue weighted by Crippen LogP contribution is -2.39. The lowest BCUT2D eigenvalue weighted by molar-refractivity contribution is -0.155. The van der Waals surface area contributed by atoms with Gasteiger partial charge in [-0.3, -0.25) is 5.84 Å². The lowest BCUT2D eigenvalue weighted by Gasteiger charge is -2.26. The van der Waals surface area contributed by atoms with Crippen molar-refractivity contribution in [2.24, 2.45) is 5.84 Å². The monoisotopic (exact) mass is 258 g/mol. The van der Waals surface area contributed by atoms with Gasteiger partial charge in [-0.05, 0) is 31.5 Å². The first-order chi connectivity index (χ1) is 8.22. The van der Waals surface area contributed by atoms with Crippen LogP contribution in [0.2, 0.25) is 5.02 Å². The summed E-state index contributed by atoms with van der Waals surface area (Å²) in [6.07, 6.45) is -0.423. The van der Waals surface area contributed by atoms with Gasteiger partial charge in [-0.25, -0.2) is 5.43 Å². The van der Waals surface area contributed by atoms with Gasteiger partial charge in [0.2, 0.25) is 0 Å². The van der Waals surface area contributed by atoms with Crippen LogP contribution < -0.4 is 11.3 Å². The first-order valence-electron chi connectivity index (χ1n) is 5.67. The SMILES string of the molecule is CCOC(OCC)C(NN)c1cccc(Cl)c1. The average Bonchev–Trinajstić information content (AvgIpc) is 2.31. The smallest absolute Gasteiger partial charge is 0.178 e. The van der Waals surface area contributed by atoms with Gasteiger partial charge < -0.3 is 9.47 Å². The normalized spacial score (nSPS) is 13.0. The summed E-state index contributed by atoms with van der Waals surface area (Å²) in [5.41, 5.74) is 3.64. The molecule has 1 unspecified atom stereocenters. The summed E-state index contributed by atoms with van der Waals surface area (Å²) in [4.78, 5) is 0. The molecule has 1 atom stereocenters. The van der Waals surface area contributed by atoms with Crippen molar-refractivity contribution in [2.45, 2.75) is 26.2 Å². The summed E-state index contributed by atoms with van der Waals surface area (Å²) in [6, 6.07) is 7.22. The van der Waals surface area contributed by atoms with Crippen molar-refractivity contribution in [1.82, 2.24) is 5.43 Å². The summed E-state index contributed by atoms with van der Waals surface area (Å²) in [7, 11) is 0. The van der Waals surface area contributed by atoms with Crippen molar-refractivity contribution in [3.63, 3.8) is 0 Å². The molecule has 96 valence electrons. The number of nitrogens with two attached hydrogens (primary N) is 1. The molecule has 0 aliphatic rings. The van der Waals surface area contributed by atoms with Crippen molar-refractivity contribution in [3.8, 4) is 0 Å². The zero-order chi connectivity index (χ0) is 12.7. The number of benzene rings is 1. The van der Waals surface area contributed by atoms with E-state index in [0.29, 0.717) is 18.2 Å². The summed E-state index contributed by atoms with van der Waals surface area (Å²) in [5.74, 6) is 5.56. The van der Waals surface area contributed by atoms with E-state index in [9.17, 15) is 0 Å². The van der Waals surface area contributed by atoms with E-state index < -0.39 is 6.29 Å². The number of halogens is 1. The Bertz CT molecular complexity index is 330. The van der Waals surface area contributed by atoms with Crippen LogP contribution in [0, 0.1) is 0 Å². The first kappa shape index (κ1) is 14.4. The highest BCUT2D eigenvalue weighted by Crippen LogP contribution is 2.22. The third-order valence-electron chi connectivity index (χ3n) is 2.32. The Kier molecular flexibility index (Phi) is 6.47. The average molecular weight is 259 g/mol. The second-order valence-electron chi connectivity index (χ2n) is 3.48. The summed E-state index contributed by atoms with van der Waals surface area (Å²) in [5, 5.41) is 0.662. The van der Waals surface area contributed by atoms with Crippen LogP contribution in [0.25, 0.3) is 0 Å². The first-order valence-corrected chi connectivity index (χ1v) is 6.05. The molecule has 3 N–H and O–H groups in total. The van der Waals surface area contributed by atoms with E-state index in [-0.39, 0.29) is 6.04 Å². The second-order valence-corrected chi connectivity index (χ2v) is 3.91. The number of nitrogens with one attached hydrogen (secondary N) is 1. The number of hydrogen-bond donors (Lipinski definition) is 2. The lowest BCUT2D eigenvalue weighted by atomic mass is 10.1. The molecule has 0 saturated heterocycles. The van der Waals surface area contributed by atoms with Gasteiger partial charge in [-0.15, -0.1) is 0 Å². The Balaban J connectivity index is 2.87. The van der Waals surface area contributed by atoms with E-state index in [2.05, 4.69) is 5.43 Å². The predicted molar refractivity (Wildman–Crippen MR) is 68.6 cm³/mol. The fraction of sp³-hybridized carbons (Fsp3) is 0.500. The molecule has 0 saturated carbocycles. The largest absolute Gasteiger partial charge is 0.351 e. The Hall–Kier alpha value is -0.650. The van der Waals surface area contributed by atoms with Crippen LogP contribution >= 0.6 is 11.6 Å². The van der Waals surface area contributed by atoms with Crippen LogP contribution in [0.3, 0.4) is 0 Å².